The summed E-state index contributed by atoms with van der Waals surface area (Å²) in [5.74, 6) is -0.0673. The molecule has 2 N–H and O–H groups in total. The van der Waals surface area contributed by atoms with Crippen molar-refractivity contribution in [1.82, 2.24) is 19.9 Å². The van der Waals surface area contributed by atoms with Crippen LogP contribution in [0.15, 0.2) is 67.1 Å². The number of amides is 1. The Morgan fingerprint density at radius 2 is 1.83 bits per heavy atom. The molecule has 2 aromatic carbocycles. The normalized spacial score (nSPS) is 11.1. The van der Waals surface area contributed by atoms with E-state index in [0.717, 1.165) is 5.56 Å². The Morgan fingerprint density at radius 1 is 1.00 bits per heavy atom. The molecule has 9 heteroatoms. The van der Waals surface area contributed by atoms with Gasteiger partial charge in [0.25, 0.3) is 5.91 Å². The van der Waals surface area contributed by atoms with Crippen LogP contribution < -0.4 is 15.4 Å². The van der Waals surface area contributed by atoms with Gasteiger partial charge in [0, 0.05) is 18.9 Å². The zero-order valence-corrected chi connectivity index (χ0v) is 19.8. The SMILES string of the molecule is CNc1ncnc(-c2cccnc2Oc2ccc(F)c(C(=O)Nc3cccc(C(C)(C)C)c3)c2)n1. The van der Waals surface area contributed by atoms with Crippen LogP contribution >= 0.6 is 0 Å². The summed E-state index contributed by atoms with van der Waals surface area (Å²) < 4.78 is 20.5. The smallest absolute Gasteiger partial charge is 0.258 e. The molecular weight excluding hydrogens is 447 g/mol. The van der Waals surface area contributed by atoms with Crippen LogP contribution in [0, 0.1) is 5.82 Å². The number of anilines is 2. The average Bonchev–Trinajstić information content (AvgIpc) is 2.85. The van der Waals surface area contributed by atoms with E-state index in [0.29, 0.717) is 23.0 Å². The number of benzene rings is 2. The van der Waals surface area contributed by atoms with Gasteiger partial charge in [-0.1, -0.05) is 32.9 Å². The van der Waals surface area contributed by atoms with E-state index in [1.54, 1.807) is 31.4 Å². The number of nitrogens with one attached hydrogen (secondary N) is 2. The lowest BCUT2D eigenvalue weighted by molar-refractivity contribution is 0.102. The Kier molecular flexibility index (Phi) is 6.68. The standard InChI is InChI=1S/C26H25FN6O2/c1-26(2,3)16-7-5-8-17(13-16)32-23(34)20-14-18(10-11-21(20)27)35-24-19(9-6-12-29-24)22-30-15-31-25(28-4)33-22/h5-15H,1-4H3,(H,32,34)(H,28,30,31,33). The molecule has 178 valence electrons. The van der Waals surface area contributed by atoms with Crippen LogP contribution in [0.2, 0.25) is 0 Å². The summed E-state index contributed by atoms with van der Waals surface area (Å²) in [6.45, 7) is 6.24. The third-order valence-corrected chi connectivity index (χ3v) is 5.19. The Bertz CT molecular complexity index is 1370. The zero-order valence-electron chi connectivity index (χ0n) is 19.8. The Balaban J connectivity index is 1.60. The second-order valence-electron chi connectivity index (χ2n) is 8.77. The van der Waals surface area contributed by atoms with Crippen molar-refractivity contribution in [1.29, 1.82) is 0 Å². The molecule has 0 bridgehead atoms. The van der Waals surface area contributed by atoms with Crippen LogP contribution in [0.5, 0.6) is 11.6 Å². The molecule has 4 aromatic rings. The van der Waals surface area contributed by atoms with Gasteiger partial charge in [-0.3, -0.25) is 4.79 Å². The molecule has 0 atom stereocenters. The number of hydrogen-bond donors (Lipinski definition) is 2. The molecule has 1 amide bonds. The first-order valence-corrected chi connectivity index (χ1v) is 11.0. The van der Waals surface area contributed by atoms with Crippen LogP contribution in [0.3, 0.4) is 0 Å². The number of carbonyl (C=O) groups is 1. The predicted octanol–water partition coefficient (Wildman–Crippen LogP) is 5.46. The third-order valence-electron chi connectivity index (χ3n) is 5.19. The van der Waals surface area contributed by atoms with Crippen molar-refractivity contribution >= 4 is 17.5 Å². The minimum absolute atomic E-state index is 0.0907. The number of carbonyl (C=O) groups excluding carboxylic acids is 1. The highest BCUT2D eigenvalue weighted by Gasteiger charge is 2.18. The lowest BCUT2D eigenvalue weighted by Crippen LogP contribution is -2.16. The average molecular weight is 473 g/mol. The number of aromatic nitrogens is 4. The monoisotopic (exact) mass is 472 g/mol. The molecule has 0 fully saturated rings. The molecule has 0 aliphatic heterocycles. The molecule has 0 aliphatic rings. The van der Waals surface area contributed by atoms with E-state index in [2.05, 4.69) is 51.3 Å². The summed E-state index contributed by atoms with van der Waals surface area (Å²) in [5, 5.41) is 5.62. The second kappa shape index (κ2) is 9.84. The maximum atomic E-state index is 14.6. The molecule has 8 nitrogen and oxygen atoms in total. The third kappa shape index (κ3) is 5.57. The van der Waals surface area contributed by atoms with Crippen LogP contribution in [0.4, 0.5) is 16.0 Å². The first-order chi connectivity index (χ1) is 16.7. The molecule has 0 aliphatic carbocycles. The zero-order chi connectivity index (χ0) is 25.0. The van der Waals surface area contributed by atoms with Crippen LogP contribution in [0.25, 0.3) is 11.4 Å². The number of nitrogens with zero attached hydrogens (tertiary/aromatic N) is 4. The Hall–Kier alpha value is -4.40. The van der Waals surface area contributed by atoms with Gasteiger partial charge in [-0.2, -0.15) is 4.98 Å². The van der Waals surface area contributed by atoms with Crippen molar-refractivity contribution < 1.29 is 13.9 Å². The number of rotatable bonds is 6. The minimum atomic E-state index is -0.667. The van der Waals surface area contributed by atoms with Crippen molar-refractivity contribution in [3.63, 3.8) is 0 Å². The summed E-state index contributed by atoms with van der Waals surface area (Å²) in [6.07, 6.45) is 2.93. The lowest BCUT2D eigenvalue weighted by Gasteiger charge is -2.20. The molecule has 0 radical (unpaired) electrons. The van der Waals surface area contributed by atoms with E-state index in [9.17, 15) is 9.18 Å². The Labute approximate surface area is 202 Å². The Morgan fingerprint density at radius 3 is 2.60 bits per heavy atom. The molecule has 0 saturated carbocycles. The van der Waals surface area contributed by atoms with Crippen molar-refractivity contribution in [3.8, 4) is 23.0 Å². The van der Waals surface area contributed by atoms with Crippen molar-refractivity contribution in [2.75, 3.05) is 17.7 Å². The summed E-state index contributed by atoms with van der Waals surface area (Å²) in [7, 11) is 1.70. The number of ether oxygens (including phenoxy) is 1. The van der Waals surface area contributed by atoms with Crippen molar-refractivity contribution in [2.45, 2.75) is 26.2 Å². The van der Waals surface area contributed by atoms with Gasteiger partial charge in [0.2, 0.25) is 11.8 Å². The fourth-order valence-electron chi connectivity index (χ4n) is 3.30. The van der Waals surface area contributed by atoms with Crippen molar-refractivity contribution in [2.24, 2.45) is 0 Å². The fourth-order valence-corrected chi connectivity index (χ4v) is 3.30. The van der Waals surface area contributed by atoms with E-state index in [4.69, 9.17) is 4.74 Å². The maximum absolute atomic E-state index is 14.6. The predicted molar refractivity (Wildman–Crippen MR) is 132 cm³/mol. The molecule has 0 unspecified atom stereocenters. The van der Waals surface area contributed by atoms with E-state index < -0.39 is 11.7 Å². The summed E-state index contributed by atoms with van der Waals surface area (Å²) >= 11 is 0. The fraction of sp³-hybridized carbons (Fsp3) is 0.192. The number of pyridine rings is 1. The van der Waals surface area contributed by atoms with E-state index >= 15 is 0 Å². The number of hydrogen-bond acceptors (Lipinski definition) is 7. The quantitative estimate of drug-likeness (QED) is 0.384. The van der Waals surface area contributed by atoms with Crippen molar-refractivity contribution in [3.05, 3.63) is 84.1 Å². The molecule has 4 rings (SSSR count). The molecule has 0 saturated heterocycles. The van der Waals surface area contributed by atoms with Gasteiger partial charge in [0.1, 0.15) is 17.9 Å². The maximum Gasteiger partial charge on any atom is 0.258 e. The van der Waals surface area contributed by atoms with Gasteiger partial charge in [0.15, 0.2) is 5.82 Å². The summed E-state index contributed by atoms with van der Waals surface area (Å²) in [6, 6.07) is 14.9. The summed E-state index contributed by atoms with van der Waals surface area (Å²) in [4.78, 5) is 29.7. The first-order valence-electron chi connectivity index (χ1n) is 11.0. The molecule has 2 aromatic heterocycles. The minimum Gasteiger partial charge on any atom is -0.438 e. The van der Waals surface area contributed by atoms with E-state index in [1.807, 2.05) is 18.2 Å². The highest BCUT2D eigenvalue weighted by Crippen LogP contribution is 2.31. The molecule has 0 spiro atoms. The van der Waals surface area contributed by atoms with Gasteiger partial charge in [0.05, 0.1) is 11.1 Å². The molecular formula is C26H25FN6O2. The van der Waals surface area contributed by atoms with Gasteiger partial charge < -0.3 is 15.4 Å². The van der Waals surface area contributed by atoms with Gasteiger partial charge in [-0.05, 0) is 53.4 Å². The van der Waals surface area contributed by atoms with E-state index in [-0.39, 0.29) is 22.6 Å². The molecule has 2 heterocycles. The van der Waals surface area contributed by atoms with Crippen LogP contribution in [-0.2, 0) is 5.41 Å². The van der Waals surface area contributed by atoms with E-state index in [1.165, 1.54) is 24.5 Å². The largest absolute Gasteiger partial charge is 0.438 e. The summed E-state index contributed by atoms with van der Waals surface area (Å²) in [5.41, 5.74) is 1.90. The van der Waals surface area contributed by atoms with Gasteiger partial charge in [-0.25, -0.2) is 19.3 Å². The van der Waals surface area contributed by atoms with Gasteiger partial charge >= 0.3 is 0 Å². The van der Waals surface area contributed by atoms with Gasteiger partial charge in [-0.15, -0.1) is 0 Å². The van der Waals surface area contributed by atoms with Crippen LogP contribution in [0.1, 0.15) is 36.7 Å². The highest BCUT2D eigenvalue weighted by molar-refractivity contribution is 6.04. The first kappa shape index (κ1) is 23.7. The lowest BCUT2D eigenvalue weighted by atomic mass is 9.87. The second-order valence-corrected chi connectivity index (χ2v) is 8.77. The molecule has 35 heavy (non-hydrogen) atoms. The van der Waals surface area contributed by atoms with Crippen LogP contribution in [-0.4, -0.2) is 32.9 Å². The highest BCUT2D eigenvalue weighted by atomic mass is 19.1. The topological polar surface area (TPSA) is 102 Å². The number of halogens is 1.